The van der Waals surface area contributed by atoms with Crippen LogP contribution in [0.4, 0.5) is 0 Å². The van der Waals surface area contributed by atoms with Gasteiger partial charge in [0.25, 0.3) is 0 Å². The minimum Gasteiger partial charge on any atom is -0.314 e. The number of imide groups is 1. The molecule has 30 heavy (non-hydrogen) atoms. The third-order valence-corrected chi connectivity index (χ3v) is 6.32. The number of carbonyl (C=O) groups is 2. The molecular weight excluding hydrogens is 382 g/mol. The molecule has 1 unspecified atom stereocenters. The second kappa shape index (κ2) is 9.14. The first-order chi connectivity index (χ1) is 14.5. The summed E-state index contributed by atoms with van der Waals surface area (Å²) in [5.41, 5.74) is 2.58. The van der Waals surface area contributed by atoms with Crippen LogP contribution in [0.2, 0.25) is 0 Å². The highest BCUT2D eigenvalue weighted by atomic mass is 16.2. The lowest BCUT2D eigenvalue weighted by molar-refractivity contribution is -0.135. The molecule has 2 aliphatic rings. The molecule has 1 atom stereocenters. The van der Waals surface area contributed by atoms with E-state index in [0.717, 1.165) is 50.1 Å². The highest BCUT2D eigenvalue weighted by molar-refractivity contribution is 6.00. The van der Waals surface area contributed by atoms with Gasteiger partial charge < -0.3 is 10.2 Å². The number of piperazine rings is 1. The lowest BCUT2D eigenvalue weighted by atomic mass is 10.0. The van der Waals surface area contributed by atoms with E-state index in [1.165, 1.54) is 29.5 Å². The van der Waals surface area contributed by atoms with Crippen LogP contribution in [0.5, 0.6) is 0 Å². The second-order valence-corrected chi connectivity index (χ2v) is 8.40. The smallest absolute Gasteiger partial charge is 0.314 e. The average Bonchev–Trinajstić information content (AvgIpc) is 2.99. The van der Waals surface area contributed by atoms with E-state index in [0.29, 0.717) is 6.42 Å². The number of rotatable bonds is 7. The molecule has 2 saturated heterocycles. The van der Waals surface area contributed by atoms with Crippen LogP contribution in [0.15, 0.2) is 23.0 Å². The first-order valence-electron chi connectivity index (χ1n) is 11.0. The number of aromatic nitrogens is 2. The predicted molar refractivity (Wildman–Crippen MR) is 115 cm³/mol. The summed E-state index contributed by atoms with van der Waals surface area (Å²) in [6.45, 7) is 5.65. The molecule has 3 heterocycles. The Labute approximate surface area is 176 Å². The SMILES string of the molecule is Cn1c(=O)n(C2CCC(=O)NC2=O)c2ccc(CCCCCN3CCNCC3)cc21. The Morgan fingerprint density at radius 3 is 2.60 bits per heavy atom. The van der Waals surface area contributed by atoms with Crippen molar-refractivity contribution in [2.75, 3.05) is 32.7 Å². The lowest BCUT2D eigenvalue weighted by Crippen LogP contribution is -2.44. The Morgan fingerprint density at radius 2 is 1.83 bits per heavy atom. The topological polar surface area (TPSA) is 88.4 Å². The summed E-state index contributed by atoms with van der Waals surface area (Å²) in [6, 6.07) is 5.43. The molecule has 1 aromatic carbocycles. The number of nitrogens with one attached hydrogen (secondary N) is 2. The largest absolute Gasteiger partial charge is 0.329 e. The number of fused-ring (bicyclic) bond motifs is 1. The van der Waals surface area contributed by atoms with E-state index < -0.39 is 11.9 Å². The Bertz CT molecular complexity index is 987. The fourth-order valence-electron chi connectivity index (χ4n) is 4.57. The van der Waals surface area contributed by atoms with Gasteiger partial charge in [-0.15, -0.1) is 0 Å². The fraction of sp³-hybridized carbons (Fsp3) is 0.591. The van der Waals surface area contributed by atoms with Gasteiger partial charge in [-0.05, 0) is 49.9 Å². The number of amides is 2. The van der Waals surface area contributed by atoms with Crippen LogP contribution in [-0.4, -0.2) is 58.6 Å². The van der Waals surface area contributed by atoms with Gasteiger partial charge in [0.1, 0.15) is 6.04 Å². The monoisotopic (exact) mass is 413 g/mol. The highest BCUT2D eigenvalue weighted by Gasteiger charge is 2.31. The van der Waals surface area contributed by atoms with Gasteiger partial charge >= 0.3 is 5.69 Å². The summed E-state index contributed by atoms with van der Waals surface area (Å²) in [5.74, 6) is -0.668. The maximum absolute atomic E-state index is 12.8. The normalized spacial score (nSPS) is 20.6. The summed E-state index contributed by atoms with van der Waals surface area (Å²) in [6.07, 6.45) is 5.13. The molecule has 8 nitrogen and oxygen atoms in total. The number of benzene rings is 1. The maximum Gasteiger partial charge on any atom is 0.329 e. The minimum absolute atomic E-state index is 0.215. The van der Waals surface area contributed by atoms with Gasteiger partial charge in [0.05, 0.1) is 11.0 Å². The van der Waals surface area contributed by atoms with Gasteiger partial charge in [0.15, 0.2) is 0 Å². The number of nitrogens with zero attached hydrogens (tertiary/aromatic N) is 3. The van der Waals surface area contributed by atoms with Crippen LogP contribution in [0.1, 0.15) is 43.7 Å². The number of aryl methyl sites for hydroxylation is 2. The molecule has 0 spiro atoms. The van der Waals surface area contributed by atoms with Crippen molar-refractivity contribution >= 4 is 22.8 Å². The average molecular weight is 414 g/mol. The third kappa shape index (κ3) is 4.34. The zero-order chi connectivity index (χ0) is 21.1. The van der Waals surface area contributed by atoms with Crippen LogP contribution < -0.4 is 16.3 Å². The van der Waals surface area contributed by atoms with Crippen molar-refractivity contribution in [3.8, 4) is 0 Å². The van der Waals surface area contributed by atoms with Gasteiger partial charge in [-0.25, -0.2) is 4.79 Å². The zero-order valence-corrected chi connectivity index (χ0v) is 17.7. The molecule has 2 aromatic rings. The molecule has 0 bridgehead atoms. The molecule has 162 valence electrons. The van der Waals surface area contributed by atoms with Gasteiger partial charge in [0.2, 0.25) is 11.8 Å². The van der Waals surface area contributed by atoms with Gasteiger partial charge in [0, 0.05) is 39.6 Å². The van der Waals surface area contributed by atoms with Crippen molar-refractivity contribution in [2.45, 2.75) is 44.6 Å². The molecule has 1 aromatic heterocycles. The summed E-state index contributed by atoms with van der Waals surface area (Å²) in [4.78, 5) is 39.1. The van der Waals surface area contributed by atoms with E-state index >= 15 is 0 Å². The first-order valence-corrected chi connectivity index (χ1v) is 11.0. The van der Waals surface area contributed by atoms with Crippen molar-refractivity contribution < 1.29 is 9.59 Å². The Balaban J connectivity index is 1.40. The molecule has 0 saturated carbocycles. The van der Waals surface area contributed by atoms with Crippen LogP contribution in [0.25, 0.3) is 11.0 Å². The second-order valence-electron chi connectivity index (χ2n) is 8.40. The number of hydrogen-bond donors (Lipinski definition) is 2. The molecule has 8 heteroatoms. The number of carbonyl (C=O) groups excluding carboxylic acids is 2. The maximum atomic E-state index is 12.8. The minimum atomic E-state index is -0.630. The van der Waals surface area contributed by atoms with Crippen LogP contribution >= 0.6 is 0 Å². The Hall–Kier alpha value is -2.45. The Kier molecular flexibility index (Phi) is 6.34. The first kappa shape index (κ1) is 20.8. The predicted octanol–water partition coefficient (Wildman–Crippen LogP) is 0.936. The molecule has 0 radical (unpaired) electrons. The number of piperidine rings is 1. The molecule has 2 N–H and O–H groups in total. The van der Waals surface area contributed by atoms with Crippen molar-refractivity contribution in [3.63, 3.8) is 0 Å². The molecular formula is C22H31N5O3. The zero-order valence-electron chi connectivity index (χ0n) is 17.7. The van der Waals surface area contributed by atoms with Gasteiger partial charge in [-0.2, -0.15) is 0 Å². The third-order valence-electron chi connectivity index (χ3n) is 6.32. The van der Waals surface area contributed by atoms with E-state index in [2.05, 4.69) is 27.7 Å². The molecule has 2 aliphatic heterocycles. The van der Waals surface area contributed by atoms with Crippen LogP contribution in [0.3, 0.4) is 0 Å². The van der Waals surface area contributed by atoms with E-state index in [-0.39, 0.29) is 18.0 Å². The van der Waals surface area contributed by atoms with E-state index in [9.17, 15) is 14.4 Å². The summed E-state index contributed by atoms with van der Waals surface area (Å²) in [5, 5.41) is 5.73. The van der Waals surface area contributed by atoms with Gasteiger partial charge in [-0.1, -0.05) is 12.5 Å². The molecule has 0 aliphatic carbocycles. The molecule has 2 fully saturated rings. The van der Waals surface area contributed by atoms with Crippen molar-refractivity contribution in [1.29, 1.82) is 0 Å². The fourth-order valence-corrected chi connectivity index (χ4v) is 4.57. The van der Waals surface area contributed by atoms with Crippen molar-refractivity contribution in [1.82, 2.24) is 24.7 Å². The van der Waals surface area contributed by atoms with E-state index in [4.69, 9.17) is 0 Å². The van der Waals surface area contributed by atoms with E-state index in [1.54, 1.807) is 11.6 Å². The van der Waals surface area contributed by atoms with E-state index in [1.807, 2.05) is 6.07 Å². The quantitative estimate of drug-likeness (QED) is 0.521. The van der Waals surface area contributed by atoms with Crippen LogP contribution in [0, 0.1) is 0 Å². The lowest BCUT2D eigenvalue weighted by Gasteiger charge is -2.27. The molecule has 2 amide bonds. The van der Waals surface area contributed by atoms with Crippen LogP contribution in [-0.2, 0) is 23.1 Å². The number of hydrogen-bond acceptors (Lipinski definition) is 5. The van der Waals surface area contributed by atoms with Gasteiger partial charge in [-0.3, -0.25) is 24.0 Å². The Morgan fingerprint density at radius 1 is 1.03 bits per heavy atom. The standard InChI is InChI=1S/C22H31N5O3/c1-25-19-15-16(5-3-2-4-12-26-13-10-23-11-14-26)6-7-17(19)27(22(25)30)18-8-9-20(28)24-21(18)29/h6-7,15,18,23H,2-5,8-14H2,1H3,(H,24,28,29). The summed E-state index contributed by atoms with van der Waals surface area (Å²) in [7, 11) is 1.74. The highest BCUT2D eigenvalue weighted by Crippen LogP contribution is 2.24. The van der Waals surface area contributed by atoms with Crippen molar-refractivity contribution in [2.24, 2.45) is 7.05 Å². The molecule has 4 rings (SSSR count). The number of unbranched alkanes of at least 4 members (excludes halogenated alkanes) is 2. The summed E-state index contributed by atoms with van der Waals surface area (Å²) < 4.78 is 3.14. The van der Waals surface area contributed by atoms with Crippen molar-refractivity contribution in [3.05, 3.63) is 34.2 Å². The number of imidazole rings is 1. The summed E-state index contributed by atoms with van der Waals surface area (Å²) >= 11 is 0.